The summed E-state index contributed by atoms with van der Waals surface area (Å²) in [4.78, 5) is 23.2. The molecule has 168 valence electrons. The number of nitriles is 1. The van der Waals surface area contributed by atoms with Gasteiger partial charge in [0, 0.05) is 16.8 Å². The quantitative estimate of drug-likeness (QED) is 0.225. The number of anilines is 1. The van der Waals surface area contributed by atoms with Crippen molar-refractivity contribution in [3.63, 3.8) is 0 Å². The van der Waals surface area contributed by atoms with E-state index in [0.717, 1.165) is 20.9 Å². The number of nitrogens with zero attached hydrogens (tertiary/aromatic N) is 5. The molecule has 1 amide bonds. The number of nitrogens with one attached hydrogen (secondary N) is 1. The van der Waals surface area contributed by atoms with Crippen LogP contribution in [-0.2, 0) is 11.2 Å². The van der Waals surface area contributed by atoms with E-state index in [-0.39, 0.29) is 11.7 Å². The summed E-state index contributed by atoms with van der Waals surface area (Å²) in [6, 6.07) is 11.6. The van der Waals surface area contributed by atoms with Crippen LogP contribution in [0.5, 0.6) is 0 Å². The molecule has 0 bridgehead atoms. The normalized spacial score (nSPS) is 10.9. The van der Waals surface area contributed by atoms with Crippen LogP contribution in [-0.4, -0.2) is 38.0 Å². The predicted molar refractivity (Wildman–Crippen MR) is 132 cm³/mol. The molecule has 1 aromatic carbocycles. The molecule has 0 spiro atoms. The Morgan fingerprint density at radius 2 is 2.06 bits per heavy atom. The number of hydrogen-bond donors (Lipinski definition) is 2. The minimum absolute atomic E-state index is 0.0637. The third kappa shape index (κ3) is 4.84. The lowest BCUT2D eigenvalue weighted by Gasteiger charge is -2.05. The largest absolute Gasteiger partial charge is 0.382 e. The van der Waals surface area contributed by atoms with E-state index in [4.69, 9.17) is 5.73 Å². The molecule has 33 heavy (non-hydrogen) atoms. The molecule has 0 fully saturated rings. The fraction of sp³-hybridized carbons (Fsp3) is 0.261. The lowest BCUT2D eigenvalue weighted by atomic mass is 10.1. The first kappa shape index (κ1) is 22.8. The zero-order valence-corrected chi connectivity index (χ0v) is 20.0. The summed E-state index contributed by atoms with van der Waals surface area (Å²) >= 11 is 3.06. The van der Waals surface area contributed by atoms with Crippen LogP contribution in [0.25, 0.3) is 15.9 Å². The van der Waals surface area contributed by atoms with E-state index in [2.05, 4.69) is 40.3 Å². The van der Waals surface area contributed by atoms with Crippen molar-refractivity contribution in [2.24, 2.45) is 0 Å². The molecule has 3 aromatic heterocycles. The van der Waals surface area contributed by atoms with Gasteiger partial charge in [0.25, 0.3) is 0 Å². The number of aryl methyl sites for hydroxylation is 3. The standard InChI is InChI=1S/C23H23N7OS2/c1-14-15(2)33-23-20(14)22(27-13-28-23)32-12-19(31)26-10-6-9-18-17(11-24)21(25)30(29-18)16-7-4-3-5-8-16/h3-5,7-8,13H,6,9-10,12,25H2,1-2H3,(H,26,31). The maximum Gasteiger partial charge on any atom is 0.230 e. The predicted octanol–water partition coefficient (Wildman–Crippen LogP) is 3.79. The highest BCUT2D eigenvalue weighted by Crippen LogP contribution is 2.34. The van der Waals surface area contributed by atoms with Gasteiger partial charge in [-0.3, -0.25) is 4.79 Å². The summed E-state index contributed by atoms with van der Waals surface area (Å²) in [5, 5.41) is 18.8. The highest BCUT2D eigenvalue weighted by Gasteiger charge is 2.17. The van der Waals surface area contributed by atoms with Crippen LogP contribution in [0.4, 0.5) is 5.82 Å². The summed E-state index contributed by atoms with van der Waals surface area (Å²) in [6.45, 7) is 4.61. The Morgan fingerprint density at radius 3 is 2.82 bits per heavy atom. The summed E-state index contributed by atoms with van der Waals surface area (Å²) < 4.78 is 1.58. The van der Waals surface area contributed by atoms with Crippen LogP contribution < -0.4 is 11.1 Å². The molecule has 10 heteroatoms. The lowest BCUT2D eigenvalue weighted by molar-refractivity contribution is -0.118. The number of carbonyl (C=O) groups excluding carboxylic acids is 1. The van der Waals surface area contributed by atoms with Crippen LogP contribution in [0.15, 0.2) is 41.7 Å². The number of thiophene rings is 1. The maximum atomic E-state index is 12.4. The van der Waals surface area contributed by atoms with Gasteiger partial charge in [0.1, 0.15) is 33.6 Å². The number of thioether (sulfide) groups is 1. The first-order valence-electron chi connectivity index (χ1n) is 10.4. The molecule has 0 atom stereocenters. The molecule has 0 aliphatic rings. The molecule has 0 radical (unpaired) electrons. The van der Waals surface area contributed by atoms with Gasteiger partial charge in [0.05, 0.1) is 17.1 Å². The molecule has 0 unspecified atom stereocenters. The minimum atomic E-state index is -0.0637. The van der Waals surface area contributed by atoms with Crippen molar-refractivity contribution >= 4 is 45.0 Å². The number of para-hydroxylation sites is 1. The smallest absolute Gasteiger partial charge is 0.230 e. The fourth-order valence-corrected chi connectivity index (χ4v) is 5.42. The van der Waals surface area contributed by atoms with Crippen LogP contribution >= 0.6 is 23.1 Å². The topological polar surface area (TPSA) is 123 Å². The van der Waals surface area contributed by atoms with Gasteiger partial charge in [0.15, 0.2) is 0 Å². The molecule has 0 saturated heterocycles. The molecular weight excluding hydrogens is 454 g/mol. The first-order chi connectivity index (χ1) is 16.0. The zero-order valence-electron chi connectivity index (χ0n) is 18.3. The van der Waals surface area contributed by atoms with Gasteiger partial charge in [-0.05, 0) is 44.4 Å². The van der Waals surface area contributed by atoms with Crippen molar-refractivity contribution < 1.29 is 4.79 Å². The first-order valence-corrected chi connectivity index (χ1v) is 12.2. The maximum absolute atomic E-state index is 12.4. The minimum Gasteiger partial charge on any atom is -0.382 e. The van der Waals surface area contributed by atoms with Crippen molar-refractivity contribution in [3.8, 4) is 11.8 Å². The average molecular weight is 478 g/mol. The van der Waals surface area contributed by atoms with E-state index in [1.807, 2.05) is 30.3 Å². The lowest BCUT2D eigenvalue weighted by Crippen LogP contribution is -2.26. The van der Waals surface area contributed by atoms with Gasteiger partial charge in [0.2, 0.25) is 5.91 Å². The molecule has 4 rings (SSSR count). The van der Waals surface area contributed by atoms with Gasteiger partial charge in [-0.25, -0.2) is 14.6 Å². The molecule has 3 heterocycles. The zero-order chi connectivity index (χ0) is 23.4. The van der Waals surface area contributed by atoms with Gasteiger partial charge < -0.3 is 11.1 Å². The summed E-state index contributed by atoms with van der Waals surface area (Å²) in [7, 11) is 0. The fourth-order valence-electron chi connectivity index (χ4n) is 3.47. The van der Waals surface area contributed by atoms with Crippen LogP contribution in [0.2, 0.25) is 0 Å². The highest BCUT2D eigenvalue weighted by molar-refractivity contribution is 8.00. The number of amides is 1. The Kier molecular flexibility index (Phi) is 6.91. The van der Waals surface area contributed by atoms with Crippen LogP contribution in [0.1, 0.15) is 28.1 Å². The number of fused-ring (bicyclic) bond motifs is 1. The van der Waals surface area contributed by atoms with E-state index in [1.54, 1.807) is 22.3 Å². The van der Waals surface area contributed by atoms with Gasteiger partial charge in [-0.15, -0.1) is 11.3 Å². The van der Waals surface area contributed by atoms with Crippen molar-refractivity contribution in [2.75, 3.05) is 18.0 Å². The average Bonchev–Trinajstić information content (AvgIpc) is 3.31. The van der Waals surface area contributed by atoms with Crippen molar-refractivity contribution in [1.29, 1.82) is 5.26 Å². The van der Waals surface area contributed by atoms with Crippen molar-refractivity contribution in [2.45, 2.75) is 31.7 Å². The molecule has 0 saturated carbocycles. The van der Waals surface area contributed by atoms with E-state index < -0.39 is 0 Å². The number of carbonyl (C=O) groups is 1. The van der Waals surface area contributed by atoms with Crippen molar-refractivity contribution in [3.05, 3.63) is 58.4 Å². The molecule has 0 aliphatic carbocycles. The second kappa shape index (κ2) is 10.0. The monoisotopic (exact) mass is 477 g/mol. The second-order valence-corrected chi connectivity index (χ2v) is 9.62. The number of rotatable bonds is 8. The Morgan fingerprint density at radius 1 is 1.27 bits per heavy atom. The van der Waals surface area contributed by atoms with E-state index in [9.17, 15) is 10.1 Å². The molecule has 4 aromatic rings. The highest BCUT2D eigenvalue weighted by atomic mass is 32.2. The Balaban J connectivity index is 1.31. The van der Waals surface area contributed by atoms with E-state index >= 15 is 0 Å². The third-order valence-electron chi connectivity index (χ3n) is 5.29. The Bertz CT molecular complexity index is 1340. The molecule has 3 N–H and O–H groups in total. The van der Waals surface area contributed by atoms with Gasteiger partial charge >= 0.3 is 0 Å². The summed E-state index contributed by atoms with van der Waals surface area (Å²) in [5.74, 6) is 0.542. The van der Waals surface area contributed by atoms with Crippen LogP contribution in [0.3, 0.4) is 0 Å². The van der Waals surface area contributed by atoms with Gasteiger partial charge in [-0.1, -0.05) is 30.0 Å². The summed E-state index contributed by atoms with van der Waals surface area (Å²) in [6.07, 6.45) is 2.74. The Hall–Kier alpha value is -3.42. The third-order valence-corrected chi connectivity index (χ3v) is 7.39. The summed E-state index contributed by atoms with van der Waals surface area (Å²) in [5.41, 5.74) is 9.13. The van der Waals surface area contributed by atoms with Gasteiger partial charge in [-0.2, -0.15) is 10.4 Å². The number of nitrogens with two attached hydrogens (primary N) is 1. The molecule has 8 nitrogen and oxygen atoms in total. The van der Waals surface area contributed by atoms with Crippen LogP contribution in [0, 0.1) is 25.2 Å². The number of nitrogen functional groups attached to an aromatic ring is 1. The van der Waals surface area contributed by atoms with Crippen molar-refractivity contribution in [1.82, 2.24) is 25.1 Å². The van der Waals surface area contributed by atoms with E-state index in [1.165, 1.54) is 22.2 Å². The number of benzene rings is 1. The SMILES string of the molecule is Cc1sc2ncnc(SCC(=O)NCCCc3nn(-c4ccccc4)c(N)c3C#N)c2c1C. The number of aromatic nitrogens is 4. The Labute approximate surface area is 199 Å². The second-order valence-electron chi connectivity index (χ2n) is 7.45. The molecular formula is C23H23N7OS2. The van der Waals surface area contributed by atoms with E-state index in [0.29, 0.717) is 36.5 Å². The molecule has 0 aliphatic heterocycles. The number of hydrogen-bond acceptors (Lipinski definition) is 8.